The maximum absolute atomic E-state index is 5.90. The summed E-state index contributed by atoms with van der Waals surface area (Å²) < 4.78 is 0. The van der Waals surface area contributed by atoms with Crippen LogP contribution in [0.4, 0.5) is 11.4 Å². The van der Waals surface area contributed by atoms with Gasteiger partial charge in [0.2, 0.25) is 0 Å². The Labute approximate surface area is 113 Å². The average Bonchev–Trinajstić information content (AvgIpc) is 2.71. The predicted molar refractivity (Wildman–Crippen MR) is 81.2 cm³/mol. The van der Waals surface area contributed by atoms with Gasteiger partial charge in [-0.15, -0.1) is 11.3 Å². The first-order chi connectivity index (χ1) is 8.48. The minimum atomic E-state index is 0.143. The van der Waals surface area contributed by atoms with E-state index in [1.165, 1.54) is 16.1 Å². The van der Waals surface area contributed by atoms with Gasteiger partial charge in [-0.25, -0.2) is 0 Å². The second kappa shape index (κ2) is 5.02. The number of hydrogen-bond acceptors (Lipinski definition) is 3. The number of rotatable bonds is 3. The summed E-state index contributed by atoms with van der Waals surface area (Å²) in [5, 5.41) is 5.52. The molecule has 0 fully saturated rings. The highest BCUT2D eigenvalue weighted by Gasteiger charge is 2.17. The van der Waals surface area contributed by atoms with Crippen molar-refractivity contribution in [2.45, 2.75) is 32.7 Å². The van der Waals surface area contributed by atoms with Gasteiger partial charge in [-0.2, -0.15) is 0 Å². The molecule has 2 aromatic rings. The third-order valence-corrected chi connectivity index (χ3v) is 3.89. The number of nitrogens with two attached hydrogens (primary N) is 1. The first-order valence-corrected chi connectivity index (χ1v) is 7.01. The number of thiophene rings is 1. The number of para-hydroxylation sites is 1. The number of anilines is 2. The highest BCUT2D eigenvalue weighted by atomic mass is 32.1. The van der Waals surface area contributed by atoms with Crippen molar-refractivity contribution in [3.05, 3.63) is 46.2 Å². The fourth-order valence-corrected chi connectivity index (χ4v) is 2.70. The molecule has 0 atom stereocenters. The molecule has 2 rings (SSSR count). The van der Waals surface area contributed by atoms with Crippen LogP contribution in [0.15, 0.2) is 35.7 Å². The van der Waals surface area contributed by atoms with E-state index in [0.29, 0.717) is 0 Å². The van der Waals surface area contributed by atoms with Crippen molar-refractivity contribution in [1.29, 1.82) is 0 Å². The summed E-state index contributed by atoms with van der Waals surface area (Å²) >= 11 is 1.69. The van der Waals surface area contributed by atoms with Crippen LogP contribution in [0, 0.1) is 0 Å². The van der Waals surface area contributed by atoms with Crippen LogP contribution in [0.25, 0.3) is 0 Å². The maximum atomic E-state index is 5.90. The van der Waals surface area contributed by atoms with E-state index in [0.717, 1.165) is 12.2 Å². The van der Waals surface area contributed by atoms with E-state index in [9.17, 15) is 0 Å². The second-order valence-corrected chi connectivity index (χ2v) is 6.45. The summed E-state index contributed by atoms with van der Waals surface area (Å²) in [7, 11) is 0. The van der Waals surface area contributed by atoms with Crippen molar-refractivity contribution in [3.63, 3.8) is 0 Å². The fraction of sp³-hybridized carbons (Fsp3) is 0.333. The minimum Gasteiger partial charge on any atom is -0.398 e. The molecule has 0 aliphatic heterocycles. The molecule has 3 N–H and O–H groups in total. The lowest BCUT2D eigenvalue weighted by Crippen LogP contribution is -2.14. The Hall–Kier alpha value is -1.48. The molecule has 3 heteroatoms. The molecule has 96 valence electrons. The molecule has 0 spiro atoms. The number of nitrogens with one attached hydrogen (secondary N) is 1. The van der Waals surface area contributed by atoms with Gasteiger partial charge in [0.1, 0.15) is 0 Å². The van der Waals surface area contributed by atoms with Gasteiger partial charge in [0.05, 0.1) is 6.54 Å². The smallest absolute Gasteiger partial charge is 0.0514 e. The monoisotopic (exact) mass is 260 g/mol. The van der Waals surface area contributed by atoms with E-state index in [1.807, 2.05) is 11.4 Å². The van der Waals surface area contributed by atoms with Crippen molar-refractivity contribution in [1.82, 2.24) is 0 Å². The number of benzene rings is 1. The van der Waals surface area contributed by atoms with Gasteiger partial charge in [-0.1, -0.05) is 39.0 Å². The lowest BCUT2D eigenvalue weighted by Gasteiger charge is -2.23. The summed E-state index contributed by atoms with van der Waals surface area (Å²) in [6.07, 6.45) is 0. The summed E-state index contributed by atoms with van der Waals surface area (Å²) in [5.41, 5.74) is 9.44. The lowest BCUT2D eigenvalue weighted by atomic mass is 9.86. The summed E-state index contributed by atoms with van der Waals surface area (Å²) in [6.45, 7) is 7.48. The van der Waals surface area contributed by atoms with Crippen LogP contribution in [0.5, 0.6) is 0 Å². The van der Waals surface area contributed by atoms with Crippen LogP contribution < -0.4 is 11.1 Å². The third kappa shape index (κ3) is 2.85. The van der Waals surface area contributed by atoms with Crippen LogP contribution in [0.3, 0.4) is 0 Å². The molecule has 18 heavy (non-hydrogen) atoms. The molecule has 2 nitrogen and oxygen atoms in total. The van der Waals surface area contributed by atoms with Crippen LogP contribution in [-0.4, -0.2) is 0 Å². The van der Waals surface area contributed by atoms with Crippen LogP contribution in [0.1, 0.15) is 31.2 Å². The molecule has 0 saturated carbocycles. The average molecular weight is 260 g/mol. The SMILES string of the molecule is CC(C)(C)c1ccccc1NCc1sccc1N. The third-order valence-electron chi connectivity index (χ3n) is 2.95. The Morgan fingerprint density at radius 3 is 2.50 bits per heavy atom. The Morgan fingerprint density at radius 2 is 1.89 bits per heavy atom. The van der Waals surface area contributed by atoms with Gasteiger partial charge < -0.3 is 11.1 Å². The molecule has 1 heterocycles. The molecule has 0 aliphatic rings. The molecule has 0 radical (unpaired) electrons. The zero-order valence-electron chi connectivity index (χ0n) is 11.2. The zero-order valence-corrected chi connectivity index (χ0v) is 12.0. The van der Waals surface area contributed by atoms with Gasteiger partial charge in [0.15, 0.2) is 0 Å². The van der Waals surface area contributed by atoms with Crippen molar-refractivity contribution >= 4 is 22.7 Å². The molecule has 0 unspecified atom stereocenters. The second-order valence-electron chi connectivity index (χ2n) is 5.45. The lowest BCUT2D eigenvalue weighted by molar-refractivity contribution is 0.591. The highest BCUT2D eigenvalue weighted by Crippen LogP contribution is 2.30. The zero-order chi connectivity index (χ0) is 13.2. The van der Waals surface area contributed by atoms with E-state index in [-0.39, 0.29) is 5.41 Å². The molecule has 0 bridgehead atoms. The van der Waals surface area contributed by atoms with E-state index in [2.05, 4.69) is 50.4 Å². The van der Waals surface area contributed by atoms with E-state index < -0.39 is 0 Å². The summed E-state index contributed by atoms with van der Waals surface area (Å²) in [5.74, 6) is 0. The Balaban J connectivity index is 2.17. The minimum absolute atomic E-state index is 0.143. The van der Waals surface area contributed by atoms with E-state index in [1.54, 1.807) is 11.3 Å². The Kier molecular flexibility index (Phi) is 3.62. The Morgan fingerprint density at radius 1 is 1.17 bits per heavy atom. The van der Waals surface area contributed by atoms with Gasteiger partial charge in [-0.05, 0) is 28.5 Å². The van der Waals surface area contributed by atoms with Crippen LogP contribution in [-0.2, 0) is 12.0 Å². The quantitative estimate of drug-likeness (QED) is 0.866. The number of hydrogen-bond donors (Lipinski definition) is 2. The van der Waals surface area contributed by atoms with Gasteiger partial charge in [-0.3, -0.25) is 0 Å². The maximum Gasteiger partial charge on any atom is 0.0514 e. The first kappa shape index (κ1) is 13.0. The molecular formula is C15H20N2S. The highest BCUT2D eigenvalue weighted by molar-refractivity contribution is 7.10. The fourth-order valence-electron chi connectivity index (χ4n) is 1.96. The van der Waals surface area contributed by atoms with Gasteiger partial charge >= 0.3 is 0 Å². The molecule has 0 amide bonds. The van der Waals surface area contributed by atoms with E-state index in [4.69, 9.17) is 5.73 Å². The standard InChI is InChI=1S/C15H20N2S/c1-15(2,3)11-6-4-5-7-13(11)17-10-14-12(16)8-9-18-14/h4-9,17H,10,16H2,1-3H3. The molecule has 0 saturated heterocycles. The first-order valence-electron chi connectivity index (χ1n) is 6.13. The molecule has 1 aromatic heterocycles. The van der Waals surface area contributed by atoms with Crippen LogP contribution >= 0.6 is 11.3 Å². The van der Waals surface area contributed by atoms with E-state index >= 15 is 0 Å². The van der Waals surface area contributed by atoms with Gasteiger partial charge in [0.25, 0.3) is 0 Å². The van der Waals surface area contributed by atoms with Crippen molar-refractivity contribution in [2.75, 3.05) is 11.1 Å². The van der Waals surface area contributed by atoms with Crippen molar-refractivity contribution in [2.24, 2.45) is 0 Å². The molecule has 0 aliphatic carbocycles. The van der Waals surface area contributed by atoms with Gasteiger partial charge in [0, 0.05) is 16.3 Å². The summed E-state index contributed by atoms with van der Waals surface area (Å²) in [6, 6.07) is 10.4. The normalized spacial score (nSPS) is 11.5. The van der Waals surface area contributed by atoms with Crippen molar-refractivity contribution in [3.8, 4) is 0 Å². The van der Waals surface area contributed by atoms with Crippen molar-refractivity contribution < 1.29 is 0 Å². The predicted octanol–water partition coefficient (Wildman–Crippen LogP) is 4.24. The number of nitrogen functional groups attached to an aromatic ring is 1. The summed E-state index contributed by atoms with van der Waals surface area (Å²) in [4.78, 5) is 1.19. The largest absolute Gasteiger partial charge is 0.398 e. The Bertz CT molecular complexity index is 523. The van der Waals surface area contributed by atoms with Crippen LogP contribution in [0.2, 0.25) is 0 Å². The molecular weight excluding hydrogens is 240 g/mol. The topological polar surface area (TPSA) is 38.0 Å². The molecule has 1 aromatic carbocycles.